The number of amides is 1. The van der Waals surface area contributed by atoms with Crippen LogP contribution in [0.25, 0.3) is 0 Å². The molecular weight excluding hydrogens is 270 g/mol. The molecule has 0 aromatic carbocycles. The molecule has 1 amide bonds. The second-order valence-corrected chi connectivity index (χ2v) is 5.38. The van der Waals surface area contributed by atoms with Gasteiger partial charge in [0.1, 0.15) is 12.0 Å². The molecule has 0 spiro atoms. The molecule has 0 atom stereocenters. The summed E-state index contributed by atoms with van der Waals surface area (Å²) in [6, 6.07) is 0. The van der Waals surface area contributed by atoms with E-state index in [1.165, 1.54) is 0 Å². The Labute approximate surface area is 115 Å². The highest BCUT2D eigenvalue weighted by molar-refractivity contribution is 7.09. The zero-order valence-electron chi connectivity index (χ0n) is 11.3. The molecule has 1 rings (SSSR count). The van der Waals surface area contributed by atoms with Crippen LogP contribution in [0.2, 0.25) is 0 Å². The van der Waals surface area contributed by atoms with E-state index in [2.05, 4.69) is 14.7 Å². The van der Waals surface area contributed by atoms with Crippen molar-refractivity contribution < 1.29 is 19.1 Å². The maximum atomic E-state index is 11.5. The van der Waals surface area contributed by atoms with Crippen LogP contribution in [0, 0.1) is 0 Å². The minimum atomic E-state index is -0.605. The van der Waals surface area contributed by atoms with E-state index in [9.17, 15) is 9.59 Å². The van der Waals surface area contributed by atoms with Crippen molar-refractivity contribution in [3.05, 3.63) is 5.82 Å². The molecule has 1 aromatic rings. The second-order valence-electron chi connectivity index (χ2n) is 4.62. The number of anilines is 1. The van der Waals surface area contributed by atoms with E-state index in [0.717, 1.165) is 11.5 Å². The molecule has 0 bridgehead atoms. The number of nitrogens with one attached hydrogen (secondary N) is 1. The molecule has 1 heterocycles. The normalized spacial score (nSPS) is 10.9. The largest absolute Gasteiger partial charge is 0.466 e. The fourth-order valence-electron chi connectivity index (χ4n) is 1.11. The van der Waals surface area contributed by atoms with Crippen LogP contribution in [0.4, 0.5) is 9.93 Å². The van der Waals surface area contributed by atoms with Crippen LogP contribution in [0.1, 0.15) is 33.5 Å². The molecule has 0 aliphatic carbocycles. The summed E-state index contributed by atoms with van der Waals surface area (Å²) < 4.78 is 13.8. The monoisotopic (exact) mass is 287 g/mol. The standard InChI is InChI=1S/C11H17N3O4S/c1-5-17-8(15)6-7-12-9(19-14-7)13-10(16)18-11(2,3)4/h5-6H2,1-4H3,(H,12,13,14,16). The second kappa shape index (κ2) is 6.46. The third-order valence-corrected chi connectivity index (χ3v) is 2.35. The van der Waals surface area contributed by atoms with Gasteiger partial charge in [-0.1, -0.05) is 0 Å². The molecule has 0 saturated heterocycles. The van der Waals surface area contributed by atoms with Gasteiger partial charge in [-0.2, -0.15) is 4.37 Å². The van der Waals surface area contributed by atoms with E-state index < -0.39 is 17.7 Å². The zero-order valence-corrected chi connectivity index (χ0v) is 12.2. The molecule has 19 heavy (non-hydrogen) atoms. The number of esters is 1. The number of carbonyl (C=O) groups is 2. The van der Waals surface area contributed by atoms with Crippen LogP contribution in [0.5, 0.6) is 0 Å². The summed E-state index contributed by atoms with van der Waals surface area (Å²) in [5.41, 5.74) is -0.581. The van der Waals surface area contributed by atoms with Crippen LogP contribution in [0.15, 0.2) is 0 Å². The number of hydrogen-bond donors (Lipinski definition) is 1. The zero-order chi connectivity index (χ0) is 14.5. The van der Waals surface area contributed by atoms with Crippen molar-refractivity contribution in [3.63, 3.8) is 0 Å². The van der Waals surface area contributed by atoms with Crippen molar-refractivity contribution in [2.75, 3.05) is 11.9 Å². The maximum Gasteiger partial charge on any atom is 0.414 e. The number of aromatic nitrogens is 2. The van der Waals surface area contributed by atoms with Gasteiger partial charge < -0.3 is 9.47 Å². The summed E-state index contributed by atoms with van der Waals surface area (Å²) in [5, 5.41) is 2.74. The predicted molar refractivity (Wildman–Crippen MR) is 70.1 cm³/mol. The Balaban J connectivity index is 2.51. The number of ether oxygens (including phenoxy) is 2. The smallest absolute Gasteiger partial charge is 0.414 e. The Morgan fingerprint density at radius 2 is 2.05 bits per heavy atom. The Bertz CT molecular complexity index is 453. The molecule has 0 radical (unpaired) electrons. The minimum Gasteiger partial charge on any atom is -0.466 e. The Morgan fingerprint density at radius 3 is 2.63 bits per heavy atom. The fourth-order valence-corrected chi connectivity index (χ4v) is 1.68. The quantitative estimate of drug-likeness (QED) is 0.852. The number of carbonyl (C=O) groups excluding carboxylic acids is 2. The summed E-state index contributed by atoms with van der Waals surface area (Å²) in [6.07, 6.45) is -0.619. The van der Waals surface area contributed by atoms with Crippen LogP contribution < -0.4 is 5.32 Å². The fraction of sp³-hybridized carbons (Fsp3) is 0.636. The number of hydrogen-bond acceptors (Lipinski definition) is 7. The summed E-state index contributed by atoms with van der Waals surface area (Å²) in [7, 11) is 0. The first-order valence-electron chi connectivity index (χ1n) is 5.78. The minimum absolute atomic E-state index is 0.0136. The summed E-state index contributed by atoms with van der Waals surface area (Å²) in [6.45, 7) is 7.32. The van der Waals surface area contributed by atoms with Gasteiger partial charge in [0.15, 0.2) is 5.82 Å². The molecule has 0 fully saturated rings. The first-order chi connectivity index (χ1) is 8.80. The Hall–Kier alpha value is -1.70. The van der Waals surface area contributed by atoms with Gasteiger partial charge in [-0.25, -0.2) is 9.78 Å². The van der Waals surface area contributed by atoms with E-state index in [-0.39, 0.29) is 11.6 Å². The van der Waals surface area contributed by atoms with Crippen LogP contribution in [-0.2, 0) is 20.7 Å². The van der Waals surface area contributed by atoms with Crippen molar-refractivity contribution >= 4 is 28.7 Å². The summed E-state index contributed by atoms with van der Waals surface area (Å²) in [5.74, 6) is -0.0846. The third kappa shape index (κ3) is 6.14. The van der Waals surface area contributed by atoms with Crippen LogP contribution in [-0.4, -0.2) is 33.6 Å². The maximum absolute atomic E-state index is 11.5. The average Bonchev–Trinajstić information content (AvgIpc) is 2.62. The van der Waals surface area contributed by atoms with Gasteiger partial charge in [-0.3, -0.25) is 10.1 Å². The SMILES string of the molecule is CCOC(=O)Cc1nsc(NC(=O)OC(C)(C)C)n1. The summed E-state index contributed by atoms with van der Waals surface area (Å²) >= 11 is 0.983. The van der Waals surface area contributed by atoms with Crippen molar-refractivity contribution in [2.45, 2.75) is 39.7 Å². The lowest BCUT2D eigenvalue weighted by Gasteiger charge is -2.18. The van der Waals surface area contributed by atoms with Gasteiger partial charge >= 0.3 is 12.1 Å². The lowest BCUT2D eigenvalue weighted by Crippen LogP contribution is -2.27. The molecule has 0 aliphatic rings. The molecule has 106 valence electrons. The van der Waals surface area contributed by atoms with Gasteiger partial charge in [0.05, 0.1) is 6.61 Å². The molecule has 8 heteroatoms. The molecule has 1 aromatic heterocycles. The Kier molecular flexibility index (Phi) is 5.22. The molecule has 0 unspecified atom stereocenters. The van der Waals surface area contributed by atoms with E-state index in [0.29, 0.717) is 12.4 Å². The first kappa shape index (κ1) is 15.4. The third-order valence-electron chi connectivity index (χ3n) is 1.68. The lowest BCUT2D eigenvalue weighted by molar-refractivity contribution is -0.142. The lowest BCUT2D eigenvalue weighted by atomic mass is 10.2. The van der Waals surface area contributed by atoms with Crippen molar-refractivity contribution in [2.24, 2.45) is 0 Å². The van der Waals surface area contributed by atoms with Crippen LogP contribution >= 0.6 is 11.5 Å². The molecule has 0 aliphatic heterocycles. The number of nitrogens with zero attached hydrogens (tertiary/aromatic N) is 2. The molecular formula is C11H17N3O4S. The van der Waals surface area contributed by atoms with Gasteiger partial charge in [0.25, 0.3) is 0 Å². The van der Waals surface area contributed by atoms with Gasteiger partial charge in [0.2, 0.25) is 5.13 Å². The van der Waals surface area contributed by atoms with E-state index in [1.54, 1.807) is 27.7 Å². The van der Waals surface area contributed by atoms with E-state index in [1.807, 2.05) is 0 Å². The van der Waals surface area contributed by atoms with Crippen LogP contribution in [0.3, 0.4) is 0 Å². The predicted octanol–water partition coefficient (Wildman–Crippen LogP) is 1.99. The highest BCUT2D eigenvalue weighted by atomic mass is 32.1. The topological polar surface area (TPSA) is 90.4 Å². The highest BCUT2D eigenvalue weighted by Gasteiger charge is 2.18. The van der Waals surface area contributed by atoms with Gasteiger partial charge in [-0.05, 0) is 27.7 Å². The van der Waals surface area contributed by atoms with Crippen molar-refractivity contribution in [1.29, 1.82) is 0 Å². The molecule has 1 N–H and O–H groups in total. The van der Waals surface area contributed by atoms with E-state index in [4.69, 9.17) is 9.47 Å². The summed E-state index contributed by atoms with van der Waals surface area (Å²) in [4.78, 5) is 26.7. The Morgan fingerprint density at radius 1 is 1.37 bits per heavy atom. The highest BCUT2D eigenvalue weighted by Crippen LogP contribution is 2.14. The molecule has 0 saturated carbocycles. The molecule has 7 nitrogen and oxygen atoms in total. The van der Waals surface area contributed by atoms with Crippen molar-refractivity contribution in [3.8, 4) is 0 Å². The first-order valence-corrected chi connectivity index (χ1v) is 6.55. The van der Waals surface area contributed by atoms with Gasteiger partial charge in [-0.15, -0.1) is 0 Å². The van der Waals surface area contributed by atoms with Gasteiger partial charge in [0, 0.05) is 11.5 Å². The van der Waals surface area contributed by atoms with E-state index >= 15 is 0 Å². The number of rotatable bonds is 4. The average molecular weight is 287 g/mol. The van der Waals surface area contributed by atoms with Crippen molar-refractivity contribution in [1.82, 2.24) is 9.36 Å².